The zero-order valence-corrected chi connectivity index (χ0v) is 10.2. The molecule has 4 heteroatoms. The maximum Gasteiger partial charge on any atom is 0.251 e. The SMILES string of the molecule is COc1ccc(C(=O)NC2CC(C)C2)cc1N. The summed E-state index contributed by atoms with van der Waals surface area (Å²) < 4.78 is 5.05. The van der Waals surface area contributed by atoms with E-state index in [4.69, 9.17) is 10.5 Å². The fourth-order valence-corrected chi connectivity index (χ4v) is 2.16. The third-order valence-electron chi connectivity index (χ3n) is 3.20. The van der Waals surface area contributed by atoms with Gasteiger partial charge in [0.15, 0.2) is 0 Å². The lowest BCUT2D eigenvalue weighted by atomic mass is 9.82. The lowest BCUT2D eigenvalue weighted by Gasteiger charge is -2.33. The number of methoxy groups -OCH3 is 1. The molecular formula is C13H18N2O2. The van der Waals surface area contributed by atoms with Crippen LogP contribution in [-0.2, 0) is 0 Å². The summed E-state index contributed by atoms with van der Waals surface area (Å²) in [6, 6.07) is 5.41. The van der Waals surface area contributed by atoms with E-state index >= 15 is 0 Å². The molecule has 1 amide bonds. The normalized spacial score (nSPS) is 22.7. The third-order valence-corrected chi connectivity index (χ3v) is 3.20. The van der Waals surface area contributed by atoms with E-state index in [-0.39, 0.29) is 5.91 Å². The summed E-state index contributed by atoms with van der Waals surface area (Å²) in [4.78, 5) is 11.9. The zero-order chi connectivity index (χ0) is 12.4. The van der Waals surface area contributed by atoms with Crippen molar-refractivity contribution in [3.63, 3.8) is 0 Å². The van der Waals surface area contributed by atoms with Crippen molar-refractivity contribution in [3.8, 4) is 5.75 Å². The molecule has 92 valence electrons. The minimum atomic E-state index is -0.0590. The summed E-state index contributed by atoms with van der Waals surface area (Å²) >= 11 is 0. The van der Waals surface area contributed by atoms with Crippen LogP contribution in [0.25, 0.3) is 0 Å². The number of hydrogen-bond donors (Lipinski definition) is 2. The first-order valence-corrected chi connectivity index (χ1v) is 5.84. The van der Waals surface area contributed by atoms with Crippen molar-refractivity contribution < 1.29 is 9.53 Å². The Morgan fingerprint density at radius 1 is 1.47 bits per heavy atom. The van der Waals surface area contributed by atoms with E-state index in [1.54, 1.807) is 25.3 Å². The van der Waals surface area contributed by atoms with Gasteiger partial charge in [-0.2, -0.15) is 0 Å². The van der Waals surface area contributed by atoms with Gasteiger partial charge in [0.25, 0.3) is 5.91 Å². The van der Waals surface area contributed by atoms with Gasteiger partial charge in [-0.3, -0.25) is 4.79 Å². The number of amides is 1. The number of nitrogens with two attached hydrogens (primary N) is 1. The minimum Gasteiger partial charge on any atom is -0.495 e. The van der Waals surface area contributed by atoms with Crippen molar-refractivity contribution >= 4 is 11.6 Å². The largest absolute Gasteiger partial charge is 0.495 e. The Labute approximate surface area is 101 Å². The number of carbonyl (C=O) groups excluding carboxylic acids is 1. The number of rotatable bonds is 3. The van der Waals surface area contributed by atoms with Crippen LogP contribution in [-0.4, -0.2) is 19.1 Å². The average molecular weight is 234 g/mol. The molecule has 1 aromatic rings. The van der Waals surface area contributed by atoms with Crippen molar-refractivity contribution in [3.05, 3.63) is 23.8 Å². The first-order valence-electron chi connectivity index (χ1n) is 5.84. The smallest absolute Gasteiger partial charge is 0.251 e. The van der Waals surface area contributed by atoms with E-state index in [1.165, 1.54) is 0 Å². The number of anilines is 1. The van der Waals surface area contributed by atoms with Gasteiger partial charge in [0.2, 0.25) is 0 Å². The summed E-state index contributed by atoms with van der Waals surface area (Å²) in [5.41, 5.74) is 6.84. The zero-order valence-electron chi connectivity index (χ0n) is 10.2. The summed E-state index contributed by atoms with van der Waals surface area (Å²) in [6.07, 6.45) is 2.13. The molecule has 0 radical (unpaired) electrons. The summed E-state index contributed by atoms with van der Waals surface area (Å²) in [5, 5.41) is 2.99. The number of benzene rings is 1. The van der Waals surface area contributed by atoms with Crippen LogP contribution in [0.15, 0.2) is 18.2 Å². The number of nitrogen functional groups attached to an aromatic ring is 1. The lowest BCUT2D eigenvalue weighted by molar-refractivity contribution is 0.0896. The monoisotopic (exact) mass is 234 g/mol. The molecule has 0 bridgehead atoms. The highest BCUT2D eigenvalue weighted by Gasteiger charge is 2.26. The molecule has 0 unspecified atom stereocenters. The second kappa shape index (κ2) is 4.65. The Kier molecular flexibility index (Phi) is 3.22. The summed E-state index contributed by atoms with van der Waals surface area (Å²) in [5.74, 6) is 1.26. The number of nitrogens with one attached hydrogen (secondary N) is 1. The van der Waals surface area contributed by atoms with Gasteiger partial charge in [-0.15, -0.1) is 0 Å². The van der Waals surface area contributed by atoms with Crippen molar-refractivity contribution in [1.82, 2.24) is 5.32 Å². The molecule has 17 heavy (non-hydrogen) atoms. The molecule has 0 aromatic heterocycles. The van der Waals surface area contributed by atoms with E-state index in [1.807, 2.05) is 0 Å². The maximum atomic E-state index is 11.9. The van der Waals surface area contributed by atoms with Gasteiger partial charge in [0.05, 0.1) is 12.8 Å². The fourth-order valence-electron chi connectivity index (χ4n) is 2.16. The molecular weight excluding hydrogens is 216 g/mol. The Bertz CT molecular complexity index is 425. The topological polar surface area (TPSA) is 64.3 Å². The van der Waals surface area contributed by atoms with Gasteiger partial charge in [0.1, 0.15) is 5.75 Å². The van der Waals surface area contributed by atoms with Crippen LogP contribution in [0.3, 0.4) is 0 Å². The lowest BCUT2D eigenvalue weighted by Crippen LogP contribution is -2.43. The molecule has 0 saturated heterocycles. The van der Waals surface area contributed by atoms with E-state index in [0.717, 1.165) is 18.8 Å². The molecule has 1 fully saturated rings. The van der Waals surface area contributed by atoms with Gasteiger partial charge < -0.3 is 15.8 Å². The second-order valence-corrected chi connectivity index (χ2v) is 4.70. The van der Waals surface area contributed by atoms with E-state index < -0.39 is 0 Å². The van der Waals surface area contributed by atoms with Crippen molar-refractivity contribution in [2.24, 2.45) is 5.92 Å². The van der Waals surface area contributed by atoms with Crippen LogP contribution in [0.1, 0.15) is 30.1 Å². The van der Waals surface area contributed by atoms with Crippen LogP contribution in [0.2, 0.25) is 0 Å². The van der Waals surface area contributed by atoms with E-state index in [0.29, 0.717) is 23.0 Å². The van der Waals surface area contributed by atoms with Crippen LogP contribution in [0.4, 0.5) is 5.69 Å². The van der Waals surface area contributed by atoms with Crippen LogP contribution in [0, 0.1) is 5.92 Å². The first kappa shape index (κ1) is 11.8. The minimum absolute atomic E-state index is 0.0590. The molecule has 0 heterocycles. The molecule has 1 aliphatic rings. The Morgan fingerprint density at radius 3 is 2.71 bits per heavy atom. The average Bonchev–Trinajstić information content (AvgIpc) is 2.26. The first-order chi connectivity index (χ1) is 8.10. The van der Waals surface area contributed by atoms with Crippen molar-refractivity contribution in [1.29, 1.82) is 0 Å². The van der Waals surface area contributed by atoms with Gasteiger partial charge in [-0.05, 0) is 37.0 Å². The van der Waals surface area contributed by atoms with Crippen molar-refractivity contribution in [2.75, 3.05) is 12.8 Å². The number of carbonyl (C=O) groups is 1. The third kappa shape index (κ3) is 2.52. The highest BCUT2D eigenvalue weighted by atomic mass is 16.5. The molecule has 0 aliphatic heterocycles. The number of hydrogen-bond acceptors (Lipinski definition) is 3. The van der Waals surface area contributed by atoms with Gasteiger partial charge >= 0.3 is 0 Å². The fraction of sp³-hybridized carbons (Fsp3) is 0.462. The van der Waals surface area contributed by atoms with E-state index in [2.05, 4.69) is 12.2 Å². The molecule has 0 spiro atoms. The highest BCUT2D eigenvalue weighted by molar-refractivity contribution is 5.95. The molecule has 0 atom stereocenters. The van der Waals surface area contributed by atoms with Gasteiger partial charge in [-0.1, -0.05) is 6.92 Å². The predicted octanol–water partition coefficient (Wildman–Crippen LogP) is 1.81. The highest BCUT2D eigenvalue weighted by Crippen LogP contribution is 2.27. The standard InChI is InChI=1S/C13H18N2O2/c1-8-5-10(6-8)15-13(16)9-3-4-12(17-2)11(14)7-9/h3-4,7-8,10H,5-6,14H2,1-2H3,(H,15,16). The quantitative estimate of drug-likeness (QED) is 0.784. The molecule has 1 aromatic carbocycles. The predicted molar refractivity (Wildman–Crippen MR) is 67.1 cm³/mol. The molecule has 1 aliphatic carbocycles. The Hall–Kier alpha value is -1.71. The number of ether oxygens (including phenoxy) is 1. The summed E-state index contributed by atoms with van der Waals surface area (Å²) in [7, 11) is 1.56. The van der Waals surface area contributed by atoms with Crippen LogP contribution >= 0.6 is 0 Å². The van der Waals surface area contributed by atoms with Gasteiger partial charge in [-0.25, -0.2) is 0 Å². The summed E-state index contributed by atoms with van der Waals surface area (Å²) in [6.45, 7) is 2.19. The van der Waals surface area contributed by atoms with Crippen molar-refractivity contribution in [2.45, 2.75) is 25.8 Å². The van der Waals surface area contributed by atoms with Crippen LogP contribution in [0.5, 0.6) is 5.75 Å². The van der Waals surface area contributed by atoms with Crippen LogP contribution < -0.4 is 15.8 Å². The Morgan fingerprint density at radius 2 is 2.18 bits per heavy atom. The Balaban J connectivity index is 2.01. The molecule has 1 saturated carbocycles. The maximum absolute atomic E-state index is 11.9. The second-order valence-electron chi connectivity index (χ2n) is 4.70. The molecule has 3 N–H and O–H groups in total. The van der Waals surface area contributed by atoms with Gasteiger partial charge in [0, 0.05) is 11.6 Å². The van der Waals surface area contributed by atoms with E-state index in [9.17, 15) is 4.79 Å². The molecule has 4 nitrogen and oxygen atoms in total. The molecule has 2 rings (SSSR count).